The molecule has 0 unspecified atom stereocenters. The highest BCUT2D eigenvalue weighted by Crippen LogP contribution is 2.20. The molecule has 14 heavy (non-hydrogen) atoms. The lowest BCUT2D eigenvalue weighted by Gasteiger charge is -2.00. The van der Waals surface area contributed by atoms with Crippen molar-refractivity contribution in [1.82, 2.24) is 0 Å². The minimum Gasteiger partial charge on any atom is -0.298 e. The molecule has 0 aromatic heterocycles. The van der Waals surface area contributed by atoms with E-state index in [1.54, 1.807) is 0 Å². The van der Waals surface area contributed by atoms with Crippen LogP contribution in [0, 0.1) is 11.6 Å². The summed E-state index contributed by atoms with van der Waals surface area (Å²) in [5, 5.41) is 0.712. The van der Waals surface area contributed by atoms with Crippen molar-refractivity contribution in [3.05, 3.63) is 47.5 Å². The van der Waals surface area contributed by atoms with Gasteiger partial charge in [-0.2, -0.15) is 0 Å². The van der Waals surface area contributed by atoms with E-state index in [4.69, 9.17) is 0 Å². The van der Waals surface area contributed by atoms with Gasteiger partial charge < -0.3 is 0 Å². The molecule has 0 aliphatic heterocycles. The Hall–Kier alpha value is -1.77. The molecule has 0 heterocycles. The molecule has 0 amide bonds. The lowest BCUT2D eigenvalue weighted by molar-refractivity contribution is 0.112. The third-order valence-electron chi connectivity index (χ3n) is 2.02. The fourth-order valence-electron chi connectivity index (χ4n) is 1.38. The summed E-state index contributed by atoms with van der Waals surface area (Å²) in [6, 6.07) is 6.33. The van der Waals surface area contributed by atoms with E-state index in [0.717, 1.165) is 6.07 Å². The molecule has 0 atom stereocenters. The zero-order chi connectivity index (χ0) is 10.1. The van der Waals surface area contributed by atoms with E-state index in [1.165, 1.54) is 24.3 Å². The van der Waals surface area contributed by atoms with Crippen LogP contribution in [-0.4, -0.2) is 6.29 Å². The Kier molecular flexibility index (Phi) is 2.00. The van der Waals surface area contributed by atoms with E-state index >= 15 is 0 Å². The van der Waals surface area contributed by atoms with Crippen LogP contribution in [0.3, 0.4) is 0 Å². The van der Waals surface area contributed by atoms with Crippen molar-refractivity contribution in [2.24, 2.45) is 0 Å². The Morgan fingerprint density at radius 2 is 1.86 bits per heavy atom. The SMILES string of the molecule is O=Cc1cc(F)c2ccc(F)cc2c1. The summed E-state index contributed by atoms with van der Waals surface area (Å²) in [6.07, 6.45) is 0.535. The van der Waals surface area contributed by atoms with Gasteiger partial charge in [-0.3, -0.25) is 4.79 Å². The minimum atomic E-state index is -0.510. The smallest absolute Gasteiger partial charge is 0.150 e. The van der Waals surface area contributed by atoms with Gasteiger partial charge in [-0.25, -0.2) is 8.78 Å². The topological polar surface area (TPSA) is 17.1 Å². The van der Waals surface area contributed by atoms with Crippen molar-refractivity contribution in [3.63, 3.8) is 0 Å². The van der Waals surface area contributed by atoms with Gasteiger partial charge in [0.2, 0.25) is 0 Å². The summed E-state index contributed by atoms with van der Waals surface area (Å²) in [5.74, 6) is -0.954. The molecule has 0 aliphatic rings. The van der Waals surface area contributed by atoms with E-state index in [1.807, 2.05) is 0 Å². The van der Waals surface area contributed by atoms with Crippen LogP contribution < -0.4 is 0 Å². The lowest BCUT2D eigenvalue weighted by Crippen LogP contribution is -1.86. The third-order valence-corrected chi connectivity index (χ3v) is 2.02. The molecule has 0 bridgehead atoms. The first kappa shape index (κ1) is 8.81. The van der Waals surface area contributed by atoms with Crippen molar-refractivity contribution in [2.75, 3.05) is 0 Å². The molecule has 2 aromatic rings. The molecule has 0 saturated carbocycles. The molecule has 2 rings (SSSR count). The molecule has 0 saturated heterocycles. The van der Waals surface area contributed by atoms with Crippen molar-refractivity contribution in [1.29, 1.82) is 0 Å². The van der Waals surface area contributed by atoms with Crippen LogP contribution in [-0.2, 0) is 0 Å². The van der Waals surface area contributed by atoms with Gasteiger partial charge in [-0.1, -0.05) is 0 Å². The predicted octanol–water partition coefficient (Wildman–Crippen LogP) is 2.93. The molecular weight excluding hydrogens is 186 g/mol. The van der Waals surface area contributed by atoms with Gasteiger partial charge in [0.05, 0.1) is 0 Å². The maximum Gasteiger partial charge on any atom is 0.150 e. The van der Waals surface area contributed by atoms with Gasteiger partial charge in [0.1, 0.15) is 17.9 Å². The summed E-state index contributed by atoms with van der Waals surface area (Å²) in [6.45, 7) is 0. The number of hydrogen-bond donors (Lipinski definition) is 0. The van der Waals surface area contributed by atoms with Crippen molar-refractivity contribution >= 4 is 17.1 Å². The van der Waals surface area contributed by atoms with Gasteiger partial charge in [-0.15, -0.1) is 0 Å². The summed E-state index contributed by atoms with van der Waals surface area (Å²) in [4.78, 5) is 10.4. The number of fused-ring (bicyclic) bond motifs is 1. The fraction of sp³-hybridized carbons (Fsp3) is 0. The molecule has 3 heteroatoms. The highest BCUT2D eigenvalue weighted by atomic mass is 19.1. The summed E-state index contributed by atoms with van der Waals surface area (Å²) < 4.78 is 26.1. The van der Waals surface area contributed by atoms with Crippen molar-refractivity contribution in [2.45, 2.75) is 0 Å². The Labute approximate surface area is 79.0 Å². The number of hydrogen-bond acceptors (Lipinski definition) is 1. The second-order valence-corrected chi connectivity index (χ2v) is 2.99. The maximum atomic E-state index is 13.3. The number of carbonyl (C=O) groups excluding carboxylic acids is 1. The number of carbonyl (C=O) groups is 1. The van der Waals surface area contributed by atoms with Crippen LogP contribution in [0.1, 0.15) is 10.4 Å². The van der Waals surface area contributed by atoms with Crippen molar-refractivity contribution in [3.8, 4) is 0 Å². The van der Waals surface area contributed by atoms with Gasteiger partial charge >= 0.3 is 0 Å². The number of benzene rings is 2. The van der Waals surface area contributed by atoms with Crippen LogP contribution in [0.15, 0.2) is 30.3 Å². The minimum absolute atomic E-state index is 0.209. The summed E-state index contributed by atoms with van der Waals surface area (Å²) in [7, 11) is 0. The Morgan fingerprint density at radius 1 is 1.07 bits per heavy atom. The molecule has 0 N–H and O–H groups in total. The number of rotatable bonds is 1. The lowest BCUT2D eigenvalue weighted by atomic mass is 10.1. The van der Waals surface area contributed by atoms with Gasteiger partial charge in [0.15, 0.2) is 0 Å². The van der Waals surface area contributed by atoms with Crippen LogP contribution in [0.25, 0.3) is 10.8 Å². The standard InChI is InChI=1S/C11H6F2O/c12-9-1-2-10-8(5-9)3-7(6-14)4-11(10)13/h1-6H. The Morgan fingerprint density at radius 3 is 2.57 bits per heavy atom. The van der Waals surface area contributed by atoms with Gasteiger partial charge in [-0.05, 0) is 35.7 Å². The largest absolute Gasteiger partial charge is 0.298 e. The second kappa shape index (κ2) is 3.18. The van der Waals surface area contributed by atoms with Crippen LogP contribution in [0.2, 0.25) is 0 Å². The van der Waals surface area contributed by atoms with Crippen LogP contribution in [0.4, 0.5) is 8.78 Å². The molecule has 0 aliphatic carbocycles. The average Bonchev–Trinajstić information content (AvgIpc) is 2.16. The normalized spacial score (nSPS) is 10.4. The van der Waals surface area contributed by atoms with E-state index in [9.17, 15) is 13.6 Å². The van der Waals surface area contributed by atoms with Gasteiger partial charge in [0.25, 0.3) is 0 Å². The number of halogens is 2. The molecule has 1 nitrogen and oxygen atoms in total. The predicted molar refractivity (Wildman–Crippen MR) is 49.3 cm³/mol. The maximum absolute atomic E-state index is 13.3. The highest BCUT2D eigenvalue weighted by molar-refractivity contribution is 5.89. The first-order valence-corrected chi connectivity index (χ1v) is 4.05. The number of aldehydes is 1. The molecule has 2 aromatic carbocycles. The van der Waals surface area contributed by atoms with Crippen LogP contribution in [0.5, 0.6) is 0 Å². The summed E-state index contributed by atoms with van der Waals surface area (Å²) in [5.41, 5.74) is 0.209. The molecule has 0 fully saturated rings. The molecule has 70 valence electrons. The quantitative estimate of drug-likeness (QED) is 0.635. The third kappa shape index (κ3) is 1.37. The monoisotopic (exact) mass is 192 g/mol. The van der Waals surface area contributed by atoms with E-state index in [0.29, 0.717) is 17.1 Å². The molecule has 0 spiro atoms. The Balaban J connectivity index is 2.83. The first-order valence-electron chi connectivity index (χ1n) is 4.05. The van der Waals surface area contributed by atoms with E-state index in [-0.39, 0.29) is 5.56 Å². The van der Waals surface area contributed by atoms with E-state index in [2.05, 4.69) is 0 Å². The molecule has 0 radical (unpaired) electrons. The average molecular weight is 192 g/mol. The summed E-state index contributed by atoms with van der Waals surface area (Å²) >= 11 is 0. The fourth-order valence-corrected chi connectivity index (χ4v) is 1.38. The zero-order valence-corrected chi connectivity index (χ0v) is 7.13. The molecular formula is C11H6F2O. The Bertz CT molecular complexity index is 506. The van der Waals surface area contributed by atoms with Gasteiger partial charge in [0, 0.05) is 10.9 Å². The second-order valence-electron chi connectivity index (χ2n) is 2.99. The van der Waals surface area contributed by atoms with Crippen molar-refractivity contribution < 1.29 is 13.6 Å². The zero-order valence-electron chi connectivity index (χ0n) is 7.13. The first-order chi connectivity index (χ1) is 6.70. The van der Waals surface area contributed by atoms with Crippen LogP contribution >= 0.6 is 0 Å². The van der Waals surface area contributed by atoms with E-state index < -0.39 is 11.6 Å². The highest BCUT2D eigenvalue weighted by Gasteiger charge is 2.03.